The molecule has 2 aliphatic rings. The maximum absolute atomic E-state index is 11.1. The molecule has 0 bridgehead atoms. The van der Waals surface area contributed by atoms with E-state index in [-0.39, 0.29) is 18.5 Å². The van der Waals surface area contributed by atoms with Crippen molar-refractivity contribution < 1.29 is 14.3 Å². The summed E-state index contributed by atoms with van der Waals surface area (Å²) in [6.45, 7) is 4.39. The Morgan fingerprint density at radius 2 is 2.29 bits per heavy atom. The van der Waals surface area contributed by atoms with Crippen LogP contribution in [-0.2, 0) is 14.3 Å². The largest absolute Gasteiger partial charge is 0.489 e. The van der Waals surface area contributed by atoms with E-state index in [0.29, 0.717) is 12.3 Å². The molecule has 2 heterocycles. The lowest BCUT2D eigenvalue weighted by Gasteiger charge is -2.28. The van der Waals surface area contributed by atoms with E-state index in [1.54, 1.807) is 6.26 Å². The van der Waals surface area contributed by atoms with Gasteiger partial charge in [-0.3, -0.25) is 4.79 Å². The zero-order valence-corrected chi connectivity index (χ0v) is 8.45. The number of Topliss-reactive ketones (excluding diaryl/α,β-unsaturated/α-hetero) is 1. The van der Waals surface area contributed by atoms with Crippen LogP contribution < -0.4 is 0 Å². The van der Waals surface area contributed by atoms with Crippen molar-refractivity contribution in [1.82, 2.24) is 0 Å². The van der Waals surface area contributed by atoms with Crippen LogP contribution in [0.2, 0.25) is 0 Å². The molecule has 1 atom stereocenters. The molecule has 1 saturated heterocycles. The van der Waals surface area contributed by atoms with Crippen LogP contribution in [0.1, 0.15) is 20.3 Å². The first kappa shape index (κ1) is 9.31. The molecular weight excluding hydrogens is 180 g/mol. The summed E-state index contributed by atoms with van der Waals surface area (Å²) in [5.41, 5.74) is 1.12. The third-order valence-corrected chi connectivity index (χ3v) is 2.47. The Kier molecular flexibility index (Phi) is 2.32. The van der Waals surface area contributed by atoms with Gasteiger partial charge in [-0.25, -0.2) is 0 Å². The van der Waals surface area contributed by atoms with Crippen molar-refractivity contribution in [2.75, 3.05) is 6.61 Å². The molecule has 0 aromatic heterocycles. The maximum Gasteiger partial charge on any atom is 0.174 e. The van der Waals surface area contributed by atoms with Gasteiger partial charge < -0.3 is 9.47 Å². The van der Waals surface area contributed by atoms with Crippen molar-refractivity contribution in [2.45, 2.75) is 26.4 Å². The second kappa shape index (κ2) is 3.48. The zero-order valence-electron chi connectivity index (χ0n) is 8.45. The third-order valence-electron chi connectivity index (χ3n) is 2.47. The highest BCUT2D eigenvalue weighted by Crippen LogP contribution is 2.27. The minimum atomic E-state index is -0.182. The van der Waals surface area contributed by atoms with Gasteiger partial charge in [-0.15, -0.1) is 0 Å². The van der Waals surface area contributed by atoms with Crippen LogP contribution in [-0.4, -0.2) is 18.5 Å². The lowest BCUT2D eigenvalue weighted by molar-refractivity contribution is -0.129. The van der Waals surface area contributed by atoms with E-state index in [2.05, 4.69) is 13.8 Å². The van der Waals surface area contributed by atoms with E-state index < -0.39 is 0 Å². The summed E-state index contributed by atoms with van der Waals surface area (Å²) in [4.78, 5) is 11.1. The molecule has 2 rings (SSSR count). The quantitative estimate of drug-likeness (QED) is 0.638. The molecule has 76 valence electrons. The Labute approximate surface area is 83.4 Å². The molecule has 0 amide bonds. The fourth-order valence-corrected chi connectivity index (χ4v) is 1.53. The molecular formula is C11H14O3. The van der Waals surface area contributed by atoms with Gasteiger partial charge in [0.2, 0.25) is 0 Å². The molecule has 1 unspecified atom stereocenters. The number of hydrogen-bond donors (Lipinski definition) is 0. The van der Waals surface area contributed by atoms with E-state index in [9.17, 15) is 4.79 Å². The second-order valence-electron chi connectivity index (χ2n) is 3.98. The molecule has 3 heteroatoms. The number of allylic oxidation sites excluding steroid dienone is 2. The molecule has 0 aromatic carbocycles. The summed E-state index contributed by atoms with van der Waals surface area (Å²) >= 11 is 0. The Balaban J connectivity index is 2.15. The first-order chi connectivity index (χ1) is 6.66. The Morgan fingerprint density at radius 3 is 3.00 bits per heavy atom. The smallest absolute Gasteiger partial charge is 0.174 e. The first-order valence-corrected chi connectivity index (χ1v) is 4.88. The topological polar surface area (TPSA) is 35.5 Å². The molecule has 0 N–H and O–H groups in total. The zero-order chi connectivity index (χ0) is 10.1. The van der Waals surface area contributed by atoms with Crippen molar-refractivity contribution in [2.24, 2.45) is 5.92 Å². The van der Waals surface area contributed by atoms with E-state index in [1.807, 2.05) is 6.08 Å². The Bertz CT molecular complexity index is 312. The van der Waals surface area contributed by atoms with Gasteiger partial charge in [-0.2, -0.15) is 0 Å². The standard InChI is InChI=1S/C11H14O3/c1-7(2)8-3-10-11(13-5-8)4-9(12)6-14-10/h3,5,7,11H,4,6H2,1-2H3. The van der Waals surface area contributed by atoms with Gasteiger partial charge in [0.15, 0.2) is 11.9 Å². The van der Waals surface area contributed by atoms with Gasteiger partial charge in [0, 0.05) is 0 Å². The fourth-order valence-electron chi connectivity index (χ4n) is 1.53. The van der Waals surface area contributed by atoms with Crippen LogP contribution >= 0.6 is 0 Å². The molecule has 0 saturated carbocycles. The molecule has 3 nitrogen and oxygen atoms in total. The average Bonchev–Trinajstić information content (AvgIpc) is 2.16. The van der Waals surface area contributed by atoms with Crippen LogP contribution in [0.15, 0.2) is 23.7 Å². The lowest BCUT2D eigenvalue weighted by Crippen LogP contribution is -2.30. The number of carbonyl (C=O) groups is 1. The average molecular weight is 194 g/mol. The minimum absolute atomic E-state index is 0.105. The van der Waals surface area contributed by atoms with E-state index >= 15 is 0 Å². The number of ketones is 1. The number of rotatable bonds is 1. The summed E-state index contributed by atoms with van der Waals surface area (Å²) in [6, 6.07) is 0. The number of fused-ring (bicyclic) bond motifs is 1. The summed E-state index contributed by atoms with van der Waals surface area (Å²) in [5, 5.41) is 0. The van der Waals surface area contributed by atoms with Crippen LogP contribution in [0.3, 0.4) is 0 Å². The summed E-state index contributed by atoms with van der Waals surface area (Å²) in [7, 11) is 0. The van der Waals surface area contributed by atoms with Crippen molar-refractivity contribution >= 4 is 5.78 Å². The number of hydrogen-bond acceptors (Lipinski definition) is 3. The molecule has 0 spiro atoms. The molecule has 2 aliphatic heterocycles. The Morgan fingerprint density at radius 1 is 1.50 bits per heavy atom. The number of carbonyl (C=O) groups excluding carboxylic acids is 1. The first-order valence-electron chi connectivity index (χ1n) is 4.88. The van der Waals surface area contributed by atoms with Gasteiger partial charge in [0.1, 0.15) is 12.4 Å². The summed E-state index contributed by atoms with van der Waals surface area (Å²) < 4.78 is 10.8. The monoisotopic (exact) mass is 194 g/mol. The molecule has 0 radical (unpaired) electrons. The van der Waals surface area contributed by atoms with Gasteiger partial charge >= 0.3 is 0 Å². The maximum atomic E-state index is 11.1. The van der Waals surface area contributed by atoms with E-state index in [1.165, 1.54) is 0 Å². The molecule has 1 fully saturated rings. The van der Waals surface area contributed by atoms with Crippen molar-refractivity contribution in [3.05, 3.63) is 23.7 Å². The summed E-state index contributed by atoms with van der Waals surface area (Å²) in [5.74, 6) is 1.33. The Hall–Kier alpha value is -1.25. The highest BCUT2D eigenvalue weighted by atomic mass is 16.5. The SMILES string of the molecule is CC(C)C1=COC2CC(=O)COC2=C1. The fraction of sp³-hybridized carbons (Fsp3) is 0.545. The predicted octanol–water partition coefficient (Wildman–Crippen LogP) is 1.80. The van der Waals surface area contributed by atoms with Crippen LogP contribution in [0.5, 0.6) is 0 Å². The predicted molar refractivity (Wildman–Crippen MR) is 51.5 cm³/mol. The summed E-state index contributed by atoms with van der Waals surface area (Å²) in [6.07, 6.45) is 3.98. The van der Waals surface area contributed by atoms with E-state index in [0.717, 1.165) is 11.3 Å². The van der Waals surface area contributed by atoms with Crippen LogP contribution in [0.4, 0.5) is 0 Å². The van der Waals surface area contributed by atoms with Gasteiger partial charge in [-0.1, -0.05) is 13.8 Å². The molecule has 0 aromatic rings. The van der Waals surface area contributed by atoms with Crippen molar-refractivity contribution in [3.63, 3.8) is 0 Å². The van der Waals surface area contributed by atoms with Crippen LogP contribution in [0.25, 0.3) is 0 Å². The van der Waals surface area contributed by atoms with Crippen LogP contribution in [0, 0.1) is 5.92 Å². The highest BCUT2D eigenvalue weighted by molar-refractivity contribution is 5.81. The molecule has 0 aliphatic carbocycles. The highest BCUT2D eigenvalue weighted by Gasteiger charge is 2.29. The molecule has 14 heavy (non-hydrogen) atoms. The lowest BCUT2D eigenvalue weighted by atomic mass is 9.99. The van der Waals surface area contributed by atoms with Crippen molar-refractivity contribution in [3.8, 4) is 0 Å². The van der Waals surface area contributed by atoms with E-state index in [4.69, 9.17) is 9.47 Å². The third kappa shape index (κ3) is 1.67. The van der Waals surface area contributed by atoms with Gasteiger partial charge in [-0.05, 0) is 17.6 Å². The van der Waals surface area contributed by atoms with Gasteiger partial charge in [0.25, 0.3) is 0 Å². The minimum Gasteiger partial charge on any atom is -0.489 e. The van der Waals surface area contributed by atoms with Gasteiger partial charge in [0.05, 0.1) is 12.7 Å². The number of ether oxygens (including phenoxy) is 2. The second-order valence-corrected chi connectivity index (χ2v) is 3.98. The van der Waals surface area contributed by atoms with Crippen molar-refractivity contribution in [1.29, 1.82) is 0 Å². The normalized spacial score (nSPS) is 25.9.